The number of primary amides is 1. The number of methoxy groups -OCH3 is 1. The monoisotopic (exact) mass is 629 g/mol. The van der Waals surface area contributed by atoms with E-state index in [0.29, 0.717) is 39.9 Å². The standard InChI is InChI=1S/C33H32FN5O5S/c1-39(2)15-6-16-43-29-12-10-21(19-37-29)28-18-24-31(45-28)27(13-14-36-24)44-25-11-9-20(17-22(25)34)30(32(35)40)33(41)38-23-7-4-5-8-26(23)42-3/h4-5,7-14,17-19,30H,6,15-16H2,1-3H3,(H2,35,40)(H,38,41). The van der Waals surface area contributed by atoms with Crippen molar-refractivity contribution in [2.75, 3.05) is 39.7 Å². The number of nitrogens with zero attached hydrogens (tertiary/aromatic N) is 3. The summed E-state index contributed by atoms with van der Waals surface area (Å²) in [6, 6.07) is 17.9. The van der Waals surface area contributed by atoms with Crippen LogP contribution in [0.5, 0.6) is 23.1 Å². The molecule has 3 N–H and O–H groups in total. The highest BCUT2D eigenvalue weighted by atomic mass is 32.1. The van der Waals surface area contributed by atoms with Crippen LogP contribution in [-0.2, 0) is 9.59 Å². The van der Waals surface area contributed by atoms with Crippen molar-refractivity contribution < 1.29 is 28.2 Å². The van der Waals surface area contributed by atoms with Crippen molar-refractivity contribution in [3.63, 3.8) is 0 Å². The van der Waals surface area contributed by atoms with Crippen LogP contribution < -0.4 is 25.3 Å². The number of rotatable bonds is 13. The third kappa shape index (κ3) is 7.54. The predicted molar refractivity (Wildman–Crippen MR) is 172 cm³/mol. The van der Waals surface area contributed by atoms with Gasteiger partial charge in [-0.1, -0.05) is 18.2 Å². The van der Waals surface area contributed by atoms with Crippen LogP contribution in [-0.4, -0.2) is 61.0 Å². The van der Waals surface area contributed by atoms with Crippen LogP contribution in [0, 0.1) is 5.82 Å². The first-order valence-electron chi connectivity index (χ1n) is 14.1. The van der Waals surface area contributed by atoms with Crippen LogP contribution in [0.25, 0.3) is 20.7 Å². The summed E-state index contributed by atoms with van der Waals surface area (Å²) < 4.78 is 33.0. The third-order valence-electron chi connectivity index (χ3n) is 6.82. The fraction of sp³-hybridized carbons (Fsp3) is 0.212. The largest absolute Gasteiger partial charge is 0.495 e. The van der Waals surface area contributed by atoms with Gasteiger partial charge in [-0.15, -0.1) is 11.3 Å². The highest BCUT2D eigenvalue weighted by Gasteiger charge is 2.28. The Labute approximate surface area is 263 Å². The predicted octanol–water partition coefficient (Wildman–Crippen LogP) is 5.84. The Kier molecular flexibility index (Phi) is 9.86. The highest BCUT2D eigenvalue weighted by Crippen LogP contribution is 2.40. The maximum Gasteiger partial charge on any atom is 0.241 e. The molecule has 0 aliphatic carbocycles. The van der Waals surface area contributed by atoms with Crippen LogP contribution in [0.4, 0.5) is 10.1 Å². The summed E-state index contributed by atoms with van der Waals surface area (Å²) in [4.78, 5) is 37.2. The molecule has 12 heteroatoms. The molecule has 2 aromatic carbocycles. The van der Waals surface area contributed by atoms with Crippen molar-refractivity contribution >= 4 is 39.1 Å². The molecule has 1 atom stereocenters. The van der Waals surface area contributed by atoms with E-state index in [2.05, 4.69) is 20.2 Å². The average molecular weight is 630 g/mol. The van der Waals surface area contributed by atoms with Gasteiger partial charge in [0.05, 0.1) is 29.6 Å². The average Bonchev–Trinajstić information content (AvgIpc) is 3.46. The van der Waals surface area contributed by atoms with Crippen LogP contribution in [0.15, 0.2) is 79.1 Å². The Balaban J connectivity index is 1.32. The minimum atomic E-state index is -1.45. The second-order valence-corrected chi connectivity index (χ2v) is 11.4. The van der Waals surface area contributed by atoms with Gasteiger partial charge in [-0.25, -0.2) is 9.37 Å². The van der Waals surface area contributed by atoms with Gasteiger partial charge < -0.3 is 30.2 Å². The second-order valence-electron chi connectivity index (χ2n) is 10.3. The first-order valence-corrected chi connectivity index (χ1v) is 14.9. The number of benzene rings is 2. The van der Waals surface area contributed by atoms with Crippen molar-refractivity contribution in [2.24, 2.45) is 5.73 Å². The maximum absolute atomic E-state index is 15.4. The molecule has 2 amide bonds. The van der Waals surface area contributed by atoms with Gasteiger partial charge in [-0.2, -0.15) is 0 Å². The lowest BCUT2D eigenvalue weighted by Gasteiger charge is -2.16. The molecule has 10 nitrogen and oxygen atoms in total. The molecule has 5 aromatic rings. The number of halogens is 1. The van der Waals surface area contributed by atoms with E-state index >= 15 is 4.39 Å². The van der Waals surface area contributed by atoms with Gasteiger partial charge in [-0.05, 0) is 62.5 Å². The fourth-order valence-corrected chi connectivity index (χ4v) is 5.66. The van der Waals surface area contributed by atoms with E-state index in [1.54, 1.807) is 42.7 Å². The summed E-state index contributed by atoms with van der Waals surface area (Å²) in [5.74, 6) is -2.61. The Hall–Kier alpha value is -5.07. The molecular weight excluding hydrogens is 597 g/mol. The van der Waals surface area contributed by atoms with Gasteiger partial charge in [0.1, 0.15) is 17.4 Å². The van der Waals surface area contributed by atoms with Gasteiger partial charge >= 0.3 is 0 Å². The molecule has 0 bridgehead atoms. The van der Waals surface area contributed by atoms with Gasteiger partial charge in [0, 0.05) is 41.5 Å². The lowest BCUT2D eigenvalue weighted by molar-refractivity contribution is -0.127. The fourth-order valence-electron chi connectivity index (χ4n) is 4.60. The summed E-state index contributed by atoms with van der Waals surface area (Å²) in [5, 5.41) is 2.63. The SMILES string of the molecule is COc1ccccc1NC(=O)C(C(N)=O)c1ccc(Oc2ccnc3cc(-c4ccc(OCCCN(C)C)nc4)sc23)c(F)c1. The number of nitrogens with two attached hydrogens (primary N) is 1. The number of fused-ring (bicyclic) bond motifs is 1. The van der Waals surface area contributed by atoms with Gasteiger partial charge in [-0.3, -0.25) is 14.6 Å². The number of hydrogen-bond acceptors (Lipinski definition) is 9. The molecule has 1 unspecified atom stereocenters. The van der Waals surface area contributed by atoms with Crippen molar-refractivity contribution in [1.29, 1.82) is 0 Å². The van der Waals surface area contributed by atoms with Gasteiger partial charge in [0.15, 0.2) is 11.6 Å². The van der Waals surface area contributed by atoms with Gasteiger partial charge in [0.25, 0.3) is 0 Å². The number of amides is 2. The van der Waals surface area contributed by atoms with Crippen LogP contribution in [0.3, 0.4) is 0 Å². The zero-order valence-corrected chi connectivity index (χ0v) is 25.8. The summed E-state index contributed by atoms with van der Waals surface area (Å²) in [5.41, 5.74) is 7.55. The number of pyridine rings is 2. The van der Waals surface area contributed by atoms with Crippen molar-refractivity contribution in [1.82, 2.24) is 14.9 Å². The molecule has 5 rings (SSSR count). The summed E-state index contributed by atoms with van der Waals surface area (Å²) >= 11 is 1.43. The Morgan fingerprint density at radius 1 is 1.02 bits per heavy atom. The molecule has 0 saturated carbocycles. The third-order valence-corrected chi connectivity index (χ3v) is 8.00. The number of carbonyl (C=O) groups excluding carboxylic acids is 2. The number of carbonyl (C=O) groups is 2. The number of aromatic nitrogens is 2. The molecule has 0 radical (unpaired) electrons. The van der Waals surface area contributed by atoms with Crippen LogP contribution >= 0.6 is 11.3 Å². The molecule has 3 aromatic heterocycles. The van der Waals surface area contributed by atoms with E-state index in [1.807, 2.05) is 32.3 Å². The first-order chi connectivity index (χ1) is 21.7. The van der Waals surface area contributed by atoms with Gasteiger partial charge in [0.2, 0.25) is 17.7 Å². The van der Waals surface area contributed by atoms with Crippen LogP contribution in [0.1, 0.15) is 17.9 Å². The number of para-hydroxylation sites is 2. The zero-order chi connectivity index (χ0) is 31.9. The molecular formula is C33H32FN5O5S. The Bertz CT molecular complexity index is 1810. The van der Waals surface area contributed by atoms with E-state index in [0.717, 1.165) is 29.5 Å². The van der Waals surface area contributed by atoms with E-state index in [9.17, 15) is 9.59 Å². The van der Waals surface area contributed by atoms with Crippen LogP contribution in [0.2, 0.25) is 0 Å². The second kappa shape index (κ2) is 14.1. The quantitative estimate of drug-likeness (QED) is 0.123. The number of ether oxygens (including phenoxy) is 3. The Morgan fingerprint density at radius 2 is 1.84 bits per heavy atom. The number of hydrogen-bond donors (Lipinski definition) is 2. The molecule has 0 saturated heterocycles. The lowest BCUT2D eigenvalue weighted by atomic mass is 9.97. The number of thiophene rings is 1. The van der Waals surface area contributed by atoms with E-state index in [4.69, 9.17) is 19.9 Å². The van der Waals surface area contributed by atoms with E-state index in [1.165, 1.54) is 30.6 Å². The topological polar surface area (TPSA) is 129 Å². The van der Waals surface area contributed by atoms with E-state index < -0.39 is 23.5 Å². The first kappa shape index (κ1) is 31.4. The summed E-state index contributed by atoms with van der Waals surface area (Å²) in [6.45, 7) is 1.51. The minimum Gasteiger partial charge on any atom is -0.495 e. The molecule has 232 valence electrons. The zero-order valence-electron chi connectivity index (χ0n) is 25.0. The van der Waals surface area contributed by atoms with E-state index in [-0.39, 0.29) is 11.3 Å². The number of anilines is 1. The molecule has 0 fully saturated rings. The minimum absolute atomic E-state index is 0.0793. The summed E-state index contributed by atoms with van der Waals surface area (Å²) in [7, 11) is 5.49. The normalized spacial score (nSPS) is 11.8. The lowest BCUT2D eigenvalue weighted by Crippen LogP contribution is -2.32. The molecule has 0 aliphatic rings. The maximum atomic E-state index is 15.4. The molecule has 45 heavy (non-hydrogen) atoms. The van der Waals surface area contributed by atoms with Crippen molar-refractivity contribution in [3.05, 3.63) is 90.5 Å². The highest BCUT2D eigenvalue weighted by molar-refractivity contribution is 7.22. The van der Waals surface area contributed by atoms with Crippen molar-refractivity contribution in [3.8, 4) is 33.6 Å². The smallest absolute Gasteiger partial charge is 0.241 e. The number of nitrogens with one attached hydrogen (secondary N) is 1. The summed E-state index contributed by atoms with van der Waals surface area (Å²) in [6.07, 6.45) is 4.22. The Morgan fingerprint density at radius 3 is 2.56 bits per heavy atom. The van der Waals surface area contributed by atoms with Crippen molar-refractivity contribution in [2.45, 2.75) is 12.3 Å². The molecule has 3 heterocycles. The molecule has 0 aliphatic heterocycles. The molecule has 0 spiro atoms.